The second kappa shape index (κ2) is 2.42. The molecule has 10 heavy (non-hydrogen) atoms. The van der Waals surface area contributed by atoms with Crippen molar-refractivity contribution in [3.63, 3.8) is 0 Å². The summed E-state index contributed by atoms with van der Waals surface area (Å²) in [5.41, 5.74) is 0. The first-order valence-corrected chi connectivity index (χ1v) is 3.14. The van der Waals surface area contributed by atoms with Crippen LogP contribution in [0.15, 0.2) is 12.2 Å². The van der Waals surface area contributed by atoms with Gasteiger partial charge in [-0.2, -0.15) is 0 Å². The molecule has 56 valence electrons. The molecule has 1 unspecified atom stereocenters. The maximum absolute atomic E-state index is 10.5. The quantitative estimate of drug-likeness (QED) is 0.402. The normalized spacial score (nSPS) is 30.6. The zero-order chi connectivity index (χ0) is 7.61. The monoisotopic (exact) mass is 142 g/mol. The van der Waals surface area contributed by atoms with Crippen molar-refractivity contribution in [1.29, 1.82) is 0 Å². The van der Waals surface area contributed by atoms with Crippen LogP contribution in [0.25, 0.3) is 0 Å². The minimum absolute atomic E-state index is 0.325. The average molecular weight is 142 g/mol. The Balaban J connectivity index is 2.52. The predicted octanol–water partition coefficient (Wildman–Crippen LogP) is 0.852. The Morgan fingerprint density at radius 2 is 2.50 bits per heavy atom. The lowest BCUT2D eigenvalue weighted by atomic mass is 10.3. The SMILES string of the molecule is CC(=O)OC1(C)C=CCO1. The summed E-state index contributed by atoms with van der Waals surface area (Å²) in [6, 6.07) is 0. The van der Waals surface area contributed by atoms with Crippen LogP contribution in [0.1, 0.15) is 13.8 Å². The maximum Gasteiger partial charge on any atom is 0.305 e. The Kier molecular flexibility index (Phi) is 1.76. The molecule has 0 N–H and O–H groups in total. The minimum Gasteiger partial charge on any atom is -0.430 e. The van der Waals surface area contributed by atoms with Crippen LogP contribution >= 0.6 is 0 Å². The second-order valence-electron chi connectivity index (χ2n) is 2.32. The van der Waals surface area contributed by atoms with Gasteiger partial charge in [0.2, 0.25) is 5.79 Å². The highest BCUT2D eigenvalue weighted by molar-refractivity contribution is 5.66. The molecule has 0 spiro atoms. The molecule has 0 radical (unpaired) electrons. The standard InChI is InChI=1S/C7H10O3/c1-6(8)10-7(2)4-3-5-9-7/h3-4H,5H2,1-2H3. The van der Waals surface area contributed by atoms with Gasteiger partial charge in [-0.15, -0.1) is 0 Å². The van der Waals surface area contributed by atoms with Crippen LogP contribution in [-0.4, -0.2) is 18.4 Å². The van der Waals surface area contributed by atoms with Crippen LogP contribution in [0.3, 0.4) is 0 Å². The molecular weight excluding hydrogens is 132 g/mol. The molecular formula is C7H10O3. The molecule has 3 nitrogen and oxygen atoms in total. The highest BCUT2D eigenvalue weighted by atomic mass is 16.7. The van der Waals surface area contributed by atoms with Gasteiger partial charge in [-0.05, 0) is 6.08 Å². The third kappa shape index (κ3) is 1.57. The van der Waals surface area contributed by atoms with Crippen LogP contribution in [0.5, 0.6) is 0 Å². The van der Waals surface area contributed by atoms with Crippen LogP contribution in [0.4, 0.5) is 0 Å². The second-order valence-corrected chi connectivity index (χ2v) is 2.32. The van der Waals surface area contributed by atoms with E-state index in [0.29, 0.717) is 6.61 Å². The summed E-state index contributed by atoms with van der Waals surface area (Å²) in [5.74, 6) is -1.14. The van der Waals surface area contributed by atoms with Crippen molar-refractivity contribution in [2.75, 3.05) is 6.61 Å². The number of hydrogen-bond acceptors (Lipinski definition) is 3. The number of carbonyl (C=O) groups excluding carboxylic acids is 1. The Hall–Kier alpha value is -0.830. The molecule has 0 saturated heterocycles. The zero-order valence-electron chi connectivity index (χ0n) is 6.09. The summed E-state index contributed by atoms with van der Waals surface area (Å²) in [6.45, 7) is 3.59. The van der Waals surface area contributed by atoms with Gasteiger partial charge in [0.25, 0.3) is 0 Å². The van der Waals surface area contributed by atoms with Crippen molar-refractivity contribution < 1.29 is 14.3 Å². The van der Waals surface area contributed by atoms with Gasteiger partial charge in [-0.1, -0.05) is 6.08 Å². The largest absolute Gasteiger partial charge is 0.430 e. The molecule has 1 atom stereocenters. The molecule has 0 fully saturated rings. The van der Waals surface area contributed by atoms with E-state index in [2.05, 4.69) is 0 Å². The summed E-state index contributed by atoms with van der Waals surface area (Å²) < 4.78 is 9.95. The number of carbonyl (C=O) groups is 1. The molecule has 1 aliphatic heterocycles. The van der Waals surface area contributed by atoms with E-state index in [1.165, 1.54) is 6.92 Å². The van der Waals surface area contributed by atoms with E-state index >= 15 is 0 Å². The molecule has 1 heterocycles. The number of rotatable bonds is 1. The first-order valence-electron chi connectivity index (χ1n) is 3.14. The molecule has 0 amide bonds. The van der Waals surface area contributed by atoms with Crippen molar-refractivity contribution in [1.82, 2.24) is 0 Å². The summed E-state index contributed by atoms with van der Waals surface area (Å²) in [6.07, 6.45) is 3.55. The predicted molar refractivity (Wildman–Crippen MR) is 35.3 cm³/mol. The van der Waals surface area contributed by atoms with Crippen molar-refractivity contribution >= 4 is 5.97 Å². The van der Waals surface area contributed by atoms with Crippen LogP contribution in [-0.2, 0) is 14.3 Å². The summed E-state index contributed by atoms with van der Waals surface area (Å²) in [4.78, 5) is 10.5. The van der Waals surface area contributed by atoms with E-state index in [-0.39, 0.29) is 5.97 Å². The van der Waals surface area contributed by atoms with Crippen molar-refractivity contribution in [2.45, 2.75) is 19.6 Å². The van der Waals surface area contributed by atoms with E-state index in [4.69, 9.17) is 9.47 Å². The van der Waals surface area contributed by atoms with E-state index in [9.17, 15) is 4.79 Å². The first-order chi connectivity index (χ1) is 4.62. The lowest BCUT2D eigenvalue weighted by Crippen LogP contribution is -2.28. The average Bonchev–Trinajstić information content (AvgIpc) is 2.12. The van der Waals surface area contributed by atoms with Gasteiger partial charge in [-0.3, -0.25) is 4.79 Å². The van der Waals surface area contributed by atoms with Gasteiger partial charge < -0.3 is 9.47 Å². The van der Waals surface area contributed by atoms with Crippen molar-refractivity contribution in [3.05, 3.63) is 12.2 Å². The summed E-state index contributed by atoms with van der Waals surface area (Å²) in [5, 5.41) is 0. The molecule has 0 aromatic heterocycles. The molecule has 0 saturated carbocycles. The van der Waals surface area contributed by atoms with Crippen LogP contribution in [0, 0.1) is 0 Å². The number of hydrogen-bond donors (Lipinski definition) is 0. The zero-order valence-corrected chi connectivity index (χ0v) is 6.09. The Morgan fingerprint density at radius 3 is 2.90 bits per heavy atom. The summed E-state index contributed by atoms with van der Waals surface area (Å²) in [7, 11) is 0. The number of esters is 1. The molecule has 3 heteroatoms. The third-order valence-electron chi connectivity index (χ3n) is 1.23. The van der Waals surface area contributed by atoms with Gasteiger partial charge in [0, 0.05) is 13.8 Å². The number of ether oxygens (including phenoxy) is 2. The van der Waals surface area contributed by atoms with E-state index < -0.39 is 5.79 Å². The lowest BCUT2D eigenvalue weighted by molar-refractivity contribution is -0.191. The van der Waals surface area contributed by atoms with Gasteiger partial charge in [0.1, 0.15) is 0 Å². The smallest absolute Gasteiger partial charge is 0.305 e. The fourth-order valence-electron chi connectivity index (χ4n) is 0.873. The van der Waals surface area contributed by atoms with Gasteiger partial charge in [0.05, 0.1) is 6.61 Å². The Morgan fingerprint density at radius 1 is 1.80 bits per heavy atom. The van der Waals surface area contributed by atoms with E-state index in [1.807, 2.05) is 6.08 Å². The van der Waals surface area contributed by atoms with Gasteiger partial charge >= 0.3 is 5.97 Å². The van der Waals surface area contributed by atoms with Gasteiger partial charge in [-0.25, -0.2) is 0 Å². The topological polar surface area (TPSA) is 35.5 Å². The molecule has 0 aliphatic carbocycles. The molecule has 1 rings (SSSR count). The van der Waals surface area contributed by atoms with Crippen molar-refractivity contribution in [3.8, 4) is 0 Å². The minimum atomic E-state index is -0.814. The Labute approximate surface area is 59.6 Å². The summed E-state index contributed by atoms with van der Waals surface area (Å²) >= 11 is 0. The molecule has 0 aromatic carbocycles. The van der Waals surface area contributed by atoms with E-state index in [0.717, 1.165) is 0 Å². The van der Waals surface area contributed by atoms with Gasteiger partial charge in [0.15, 0.2) is 0 Å². The molecule has 1 aliphatic rings. The van der Waals surface area contributed by atoms with Crippen LogP contribution < -0.4 is 0 Å². The first kappa shape index (κ1) is 7.28. The van der Waals surface area contributed by atoms with E-state index in [1.54, 1.807) is 13.0 Å². The fourth-order valence-corrected chi connectivity index (χ4v) is 0.873. The third-order valence-corrected chi connectivity index (χ3v) is 1.23. The Bertz CT molecular complexity index is 174. The molecule has 0 aromatic rings. The highest BCUT2D eigenvalue weighted by Gasteiger charge is 2.27. The fraction of sp³-hybridized carbons (Fsp3) is 0.571. The molecule has 0 bridgehead atoms. The maximum atomic E-state index is 10.5. The lowest BCUT2D eigenvalue weighted by Gasteiger charge is -2.20. The highest BCUT2D eigenvalue weighted by Crippen LogP contribution is 2.19. The van der Waals surface area contributed by atoms with Crippen molar-refractivity contribution in [2.24, 2.45) is 0 Å². The van der Waals surface area contributed by atoms with Crippen LogP contribution in [0.2, 0.25) is 0 Å².